The second kappa shape index (κ2) is 10.6. The minimum absolute atomic E-state index is 0.308. The summed E-state index contributed by atoms with van der Waals surface area (Å²) in [6.45, 7) is 4.12. The van der Waals surface area contributed by atoms with E-state index in [-0.39, 0.29) is 0 Å². The molecule has 0 radical (unpaired) electrons. The number of para-hydroxylation sites is 2. The number of ether oxygens (including phenoxy) is 2. The van der Waals surface area contributed by atoms with Crippen LogP contribution in [0.4, 0.5) is 21.0 Å². The van der Waals surface area contributed by atoms with Crippen molar-refractivity contribution in [3.8, 4) is 0 Å². The smallest absolute Gasteiger partial charge is 0.411 e. The van der Waals surface area contributed by atoms with Gasteiger partial charge in [-0.1, -0.05) is 45.9 Å². The van der Waals surface area contributed by atoms with Crippen molar-refractivity contribution in [2.75, 3.05) is 23.8 Å². The molecule has 0 aromatic heterocycles. The Labute approximate surface area is 160 Å². The Balaban J connectivity index is 2.07. The van der Waals surface area contributed by atoms with Crippen molar-refractivity contribution >= 4 is 45.1 Å². The van der Waals surface area contributed by atoms with Crippen LogP contribution in [0.25, 0.3) is 0 Å². The largest absolute Gasteiger partial charge is 0.450 e. The Bertz CT molecular complexity index is 692. The zero-order chi connectivity index (χ0) is 18.8. The number of nitrogens with one attached hydrogen (secondary N) is 2. The molecule has 0 bridgehead atoms. The number of benzene rings is 2. The fraction of sp³-hybridized carbons (Fsp3) is 0.222. The van der Waals surface area contributed by atoms with E-state index in [9.17, 15) is 9.59 Å². The van der Waals surface area contributed by atoms with Gasteiger partial charge in [-0.3, -0.25) is 10.6 Å². The molecular formula is C18H20N2O4S2. The molecule has 26 heavy (non-hydrogen) atoms. The Morgan fingerprint density at radius 3 is 1.54 bits per heavy atom. The first-order chi connectivity index (χ1) is 12.6. The first-order valence-corrected chi connectivity index (χ1v) is 10.2. The Morgan fingerprint density at radius 2 is 1.15 bits per heavy atom. The minimum atomic E-state index is -0.491. The first kappa shape index (κ1) is 20.0. The molecule has 0 aliphatic rings. The molecule has 2 aromatic carbocycles. The number of amides is 2. The van der Waals surface area contributed by atoms with Crippen molar-refractivity contribution in [3.05, 3.63) is 48.5 Å². The normalized spacial score (nSPS) is 10.1. The predicted octanol–water partition coefficient (Wildman–Crippen LogP) is 5.62. The van der Waals surface area contributed by atoms with E-state index >= 15 is 0 Å². The summed E-state index contributed by atoms with van der Waals surface area (Å²) >= 11 is 0. The molecule has 2 N–H and O–H groups in total. The van der Waals surface area contributed by atoms with Crippen molar-refractivity contribution in [2.45, 2.75) is 23.6 Å². The van der Waals surface area contributed by atoms with Gasteiger partial charge in [-0.25, -0.2) is 9.59 Å². The second-order valence-electron chi connectivity index (χ2n) is 4.85. The van der Waals surface area contributed by atoms with Crippen LogP contribution in [0, 0.1) is 0 Å². The molecule has 2 aromatic rings. The predicted molar refractivity (Wildman–Crippen MR) is 106 cm³/mol. The van der Waals surface area contributed by atoms with Crippen LogP contribution in [0.15, 0.2) is 58.3 Å². The summed E-state index contributed by atoms with van der Waals surface area (Å²) in [5, 5.41) is 5.45. The van der Waals surface area contributed by atoms with Gasteiger partial charge >= 0.3 is 12.2 Å². The highest BCUT2D eigenvalue weighted by Gasteiger charge is 2.11. The summed E-state index contributed by atoms with van der Waals surface area (Å²) in [4.78, 5) is 25.1. The van der Waals surface area contributed by atoms with E-state index in [1.165, 1.54) is 21.6 Å². The van der Waals surface area contributed by atoms with Crippen LogP contribution in [0.2, 0.25) is 0 Å². The van der Waals surface area contributed by atoms with E-state index in [1.807, 2.05) is 48.5 Å². The average Bonchev–Trinajstić information content (AvgIpc) is 2.62. The summed E-state index contributed by atoms with van der Waals surface area (Å²) in [5.74, 6) is 0. The van der Waals surface area contributed by atoms with E-state index in [4.69, 9.17) is 9.47 Å². The van der Waals surface area contributed by atoms with Gasteiger partial charge in [0.05, 0.1) is 24.6 Å². The minimum Gasteiger partial charge on any atom is -0.450 e. The topological polar surface area (TPSA) is 76.7 Å². The van der Waals surface area contributed by atoms with Crippen LogP contribution in [-0.2, 0) is 9.47 Å². The number of carbonyl (C=O) groups is 2. The SMILES string of the molecule is CCOC(=O)Nc1ccccc1SSc1ccccc1NC(=O)OCC. The molecule has 0 saturated heterocycles. The van der Waals surface area contributed by atoms with Gasteiger partial charge in [0.1, 0.15) is 0 Å². The van der Waals surface area contributed by atoms with Gasteiger partial charge in [0.2, 0.25) is 0 Å². The molecule has 6 nitrogen and oxygen atoms in total. The standard InChI is InChI=1S/C18H20N2O4S2/c1-3-23-17(21)19-13-9-5-7-11-15(13)25-26-16-12-8-6-10-14(16)20-18(22)24-4-2/h5-12H,3-4H2,1-2H3,(H,19,21)(H,20,22). The zero-order valence-corrected chi connectivity index (χ0v) is 16.1. The van der Waals surface area contributed by atoms with Crippen LogP contribution < -0.4 is 10.6 Å². The summed E-state index contributed by atoms with van der Waals surface area (Å²) in [5.41, 5.74) is 1.33. The highest BCUT2D eigenvalue weighted by molar-refractivity contribution is 8.76. The highest BCUT2D eigenvalue weighted by atomic mass is 33.1. The molecule has 2 rings (SSSR count). The summed E-state index contributed by atoms with van der Waals surface area (Å²) in [7, 11) is 2.94. The molecule has 0 aliphatic heterocycles. The van der Waals surface area contributed by atoms with E-state index in [1.54, 1.807) is 13.8 Å². The molecule has 0 unspecified atom stereocenters. The monoisotopic (exact) mass is 392 g/mol. The molecule has 2 amide bonds. The lowest BCUT2D eigenvalue weighted by Gasteiger charge is -2.12. The van der Waals surface area contributed by atoms with Crippen molar-refractivity contribution in [1.29, 1.82) is 0 Å². The number of hydrogen-bond acceptors (Lipinski definition) is 6. The maximum Gasteiger partial charge on any atom is 0.411 e. The van der Waals surface area contributed by atoms with Gasteiger partial charge in [-0.05, 0) is 38.1 Å². The van der Waals surface area contributed by atoms with E-state index in [2.05, 4.69) is 10.6 Å². The van der Waals surface area contributed by atoms with Crippen molar-refractivity contribution in [3.63, 3.8) is 0 Å². The van der Waals surface area contributed by atoms with Gasteiger partial charge in [0.25, 0.3) is 0 Å². The van der Waals surface area contributed by atoms with Crippen molar-refractivity contribution < 1.29 is 19.1 Å². The maximum atomic E-state index is 11.7. The van der Waals surface area contributed by atoms with E-state index in [0.29, 0.717) is 24.6 Å². The third-order valence-corrected chi connectivity index (χ3v) is 5.50. The van der Waals surface area contributed by atoms with Crippen molar-refractivity contribution in [1.82, 2.24) is 0 Å². The molecule has 0 heterocycles. The van der Waals surface area contributed by atoms with Gasteiger partial charge < -0.3 is 9.47 Å². The lowest BCUT2D eigenvalue weighted by molar-refractivity contribution is 0.167. The highest BCUT2D eigenvalue weighted by Crippen LogP contribution is 2.43. The fourth-order valence-electron chi connectivity index (χ4n) is 1.93. The third-order valence-electron chi connectivity index (χ3n) is 3.02. The summed E-state index contributed by atoms with van der Waals surface area (Å²) < 4.78 is 9.84. The first-order valence-electron chi connectivity index (χ1n) is 8.04. The van der Waals surface area contributed by atoms with Gasteiger partial charge in [-0.15, -0.1) is 0 Å². The summed E-state index contributed by atoms with van der Waals surface area (Å²) in [6.07, 6.45) is -0.982. The second-order valence-corrected chi connectivity index (χ2v) is 7.06. The Morgan fingerprint density at radius 1 is 0.769 bits per heavy atom. The van der Waals surface area contributed by atoms with Gasteiger partial charge in [-0.2, -0.15) is 0 Å². The lowest BCUT2D eigenvalue weighted by atomic mass is 10.3. The molecule has 0 atom stereocenters. The van der Waals surface area contributed by atoms with Gasteiger partial charge in [0, 0.05) is 9.79 Å². The van der Waals surface area contributed by atoms with E-state index < -0.39 is 12.2 Å². The number of hydrogen-bond donors (Lipinski definition) is 2. The maximum absolute atomic E-state index is 11.7. The molecule has 0 aliphatic carbocycles. The molecule has 138 valence electrons. The van der Waals surface area contributed by atoms with Crippen LogP contribution in [0.3, 0.4) is 0 Å². The molecule has 0 saturated carbocycles. The Hall–Kier alpha value is -2.32. The average molecular weight is 393 g/mol. The fourth-order valence-corrected chi connectivity index (χ4v) is 4.21. The quantitative estimate of drug-likeness (QED) is 0.595. The third kappa shape index (κ3) is 6.20. The summed E-state index contributed by atoms with van der Waals surface area (Å²) in [6, 6.07) is 14.9. The van der Waals surface area contributed by atoms with Crippen molar-refractivity contribution in [2.24, 2.45) is 0 Å². The van der Waals surface area contributed by atoms with Crippen LogP contribution >= 0.6 is 21.6 Å². The number of rotatable bonds is 7. The van der Waals surface area contributed by atoms with Crippen LogP contribution in [-0.4, -0.2) is 25.4 Å². The van der Waals surface area contributed by atoms with Gasteiger partial charge in [0.15, 0.2) is 0 Å². The van der Waals surface area contributed by atoms with Crippen LogP contribution in [0.1, 0.15) is 13.8 Å². The zero-order valence-electron chi connectivity index (χ0n) is 14.5. The molecule has 8 heteroatoms. The number of anilines is 2. The van der Waals surface area contributed by atoms with Crippen LogP contribution in [0.5, 0.6) is 0 Å². The number of carbonyl (C=O) groups excluding carboxylic acids is 2. The lowest BCUT2D eigenvalue weighted by Crippen LogP contribution is -2.14. The molecular weight excluding hydrogens is 372 g/mol. The Kier molecular flexibility index (Phi) is 8.17. The molecule has 0 spiro atoms. The molecule has 0 fully saturated rings. The van der Waals surface area contributed by atoms with E-state index in [0.717, 1.165) is 9.79 Å².